The molecule has 11 heteroatoms. The molecule has 2 aliphatic rings. The molecule has 188 valence electrons. The van der Waals surface area contributed by atoms with Gasteiger partial charge in [0.25, 0.3) is 11.8 Å². The van der Waals surface area contributed by atoms with Crippen molar-refractivity contribution in [3.8, 4) is 0 Å². The van der Waals surface area contributed by atoms with Gasteiger partial charge in [0, 0.05) is 20.3 Å². The van der Waals surface area contributed by atoms with E-state index in [9.17, 15) is 19.2 Å². The minimum Gasteiger partial charge on any atom is -0.384 e. The number of nitrogens with zero attached hydrogens (tertiary/aromatic N) is 5. The van der Waals surface area contributed by atoms with Crippen molar-refractivity contribution in [1.82, 2.24) is 25.0 Å². The van der Waals surface area contributed by atoms with Crippen LogP contribution in [0.3, 0.4) is 0 Å². The Morgan fingerprint density at radius 3 is 2.56 bits per heavy atom. The second-order valence-electron chi connectivity index (χ2n) is 8.93. The first-order chi connectivity index (χ1) is 17.2. The predicted octanol–water partition coefficient (Wildman–Crippen LogP) is 1.18. The number of guanidine groups is 1. The van der Waals surface area contributed by atoms with Gasteiger partial charge in [0.2, 0.25) is 11.9 Å². The molecular formula is C25H29N7O4. The molecule has 0 saturated carbocycles. The fourth-order valence-corrected chi connectivity index (χ4v) is 4.59. The number of anilines is 1. The van der Waals surface area contributed by atoms with Crippen LogP contribution in [-0.2, 0) is 20.8 Å². The zero-order chi connectivity index (χ0) is 26.0. The number of imide groups is 1. The van der Waals surface area contributed by atoms with Crippen molar-refractivity contribution in [3.05, 3.63) is 59.8 Å². The zero-order valence-corrected chi connectivity index (χ0v) is 20.4. The number of nitrogens with one attached hydrogen (secondary N) is 1. The minimum atomic E-state index is -1.07. The van der Waals surface area contributed by atoms with Gasteiger partial charge in [-0.25, -0.2) is 9.78 Å². The summed E-state index contributed by atoms with van der Waals surface area (Å²) < 4.78 is 0. The van der Waals surface area contributed by atoms with Crippen LogP contribution in [0.4, 0.5) is 10.6 Å². The number of nitrogen functional groups attached to an aromatic ring is 1. The first-order valence-corrected chi connectivity index (χ1v) is 11.7. The number of nitrogens with two attached hydrogens (primary N) is 1. The summed E-state index contributed by atoms with van der Waals surface area (Å²) in [5.74, 6) is -1.66. The molecule has 0 radical (unpaired) electrons. The second-order valence-corrected chi connectivity index (χ2v) is 8.93. The van der Waals surface area contributed by atoms with Crippen LogP contribution in [0.1, 0.15) is 30.5 Å². The van der Waals surface area contributed by atoms with E-state index >= 15 is 0 Å². The van der Waals surface area contributed by atoms with Crippen molar-refractivity contribution in [2.45, 2.75) is 31.8 Å². The summed E-state index contributed by atoms with van der Waals surface area (Å²) in [6.45, 7) is 1.98. The highest BCUT2D eigenvalue weighted by Gasteiger charge is 2.56. The van der Waals surface area contributed by atoms with Crippen molar-refractivity contribution in [2.24, 2.45) is 10.9 Å². The fourth-order valence-electron chi connectivity index (χ4n) is 4.59. The molecule has 5 amide bonds. The van der Waals surface area contributed by atoms with E-state index in [1.807, 2.05) is 37.3 Å². The summed E-state index contributed by atoms with van der Waals surface area (Å²) >= 11 is 0. The number of likely N-dealkylation sites (tertiary alicyclic amines) is 1. The molecule has 4 rings (SSSR count). The zero-order valence-electron chi connectivity index (χ0n) is 20.4. The van der Waals surface area contributed by atoms with E-state index in [1.54, 1.807) is 24.1 Å². The Morgan fingerprint density at radius 1 is 1.22 bits per heavy atom. The lowest BCUT2D eigenvalue weighted by molar-refractivity contribution is -0.160. The normalized spacial score (nSPS) is 20.0. The average Bonchev–Trinajstić information content (AvgIpc) is 3.21. The summed E-state index contributed by atoms with van der Waals surface area (Å²) in [4.78, 5) is 63.6. The van der Waals surface area contributed by atoms with Gasteiger partial charge in [0.15, 0.2) is 0 Å². The number of β-lactam (4-membered cyclic amide) rings is 1. The molecule has 0 bridgehead atoms. The van der Waals surface area contributed by atoms with Crippen molar-refractivity contribution in [2.75, 3.05) is 26.4 Å². The van der Waals surface area contributed by atoms with Crippen LogP contribution >= 0.6 is 0 Å². The summed E-state index contributed by atoms with van der Waals surface area (Å²) in [6.07, 6.45) is 2.33. The first-order valence-electron chi connectivity index (χ1n) is 11.7. The van der Waals surface area contributed by atoms with Crippen LogP contribution in [-0.4, -0.2) is 76.1 Å². The Kier molecular flexibility index (Phi) is 7.00. The number of aliphatic imine (C=N–C) groups is 1. The third-order valence-electron chi connectivity index (χ3n) is 6.46. The number of rotatable bonds is 6. The van der Waals surface area contributed by atoms with E-state index in [0.29, 0.717) is 12.2 Å². The second kappa shape index (κ2) is 10.1. The van der Waals surface area contributed by atoms with Gasteiger partial charge in [-0.15, -0.1) is 0 Å². The van der Waals surface area contributed by atoms with Crippen LogP contribution in [0.15, 0.2) is 53.7 Å². The van der Waals surface area contributed by atoms with Crippen LogP contribution in [0, 0.1) is 5.92 Å². The van der Waals surface area contributed by atoms with Gasteiger partial charge in [-0.3, -0.25) is 24.2 Å². The van der Waals surface area contributed by atoms with Crippen LogP contribution in [0.5, 0.6) is 0 Å². The van der Waals surface area contributed by atoms with Crippen molar-refractivity contribution in [1.29, 1.82) is 0 Å². The summed E-state index contributed by atoms with van der Waals surface area (Å²) in [5.41, 5.74) is 7.40. The van der Waals surface area contributed by atoms with Gasteiger partial charge in [-0.2, -0.15) is 4.99 Å². The summed E-state index contributed by atoms with van der Waals surface area (Å²) in [6, 6.07) is 10.7. The Balaban J connectivity index is 1.60. The lowest BCUT2D eigenvalue weighted by atomic mass is 9.81. The number of likely N-dealkylation sites (N-methyl/N-ethyl adjacent to an activating group) is 2. The maximum atomic E-state index is 13.6. The highest BCUT2D eigenvalue weighted by atomic mass is 16.2. The van der Waals surface area contributed by atoms with Crippen molar-refractivity contribution >= 4 is 35.5 Å². The number of hydrogen-bond donors (Lipinski definition) is 2. The van der Waals surface area contributed by atoms with E-state index in [0.717, 1.165) is 16.0 Å². The summed E-state index contributed by atoms with van der Waals surface area (Å²) in [7, 11) is 3.13. The van der Waals surface area contributed by atoms with Gasteiger partial charge >= 0.3 is 6.03 Å². The topological polar surface area (TPSA) is 141 Å². The number of hydrogen-bond acceptors (Lipinski definition) is 7. The smallest absolute Gasteiger partial charge is 0.325 e. The van der Waals surface area contributed by atoms with Gasteiger partial charge in [0.1, 0.15) is 18.4 Å². The molecule has 36 heavy (non-hydrogen) atoms. The number of carbonyl (C=O) groups excluding carboxylic acids is 4. The van der Waals surface area contributed by atoms with Gasteiger partial charge < -0.3 is 16.0 Å². The maximum Gasteiger partial charge on any atom is 0.325 e. The monoisotopic (exact) mass is 491 g/mol. The van der Waals surface area contributed by atoms with Crippen molar-refractivity contribution in [3.63, 3.8) is 0 Å². The number of amides is 5. The number of aromatic nitrogens is 1. The Hall–Kier alpha value is -4.28. The average molecular weight is 492 g/mol. The molecule has 0 unspecified atom stereocenters. The van der Waals surface area contributed by atoms with Gasteiger partial charge in [-0.1, -0.05) is 37.3 Å². The Morgan fingerprint density at radius 2 is 1.94 bits per heavy atom. The SMILES string of the molecule is CC[C@@H](NC(=O)N1C(=O)[C@H](Cc2ccnc(N)c2)[C@H]1C(=O)N(C)C1=NC(=O)CN1C)c1ccccc1. The van der Waals surface area contributed by atoms with Crippen LogP contribution < -0.4 is 11.1 Å². The molecule has 1 fully saturated rings. The van der Waals surface area contributed by atoms with Crippen molar-refractivity contribution < 1.29 is 19.2 Å². The van der Waals surface area contributed by atoms with Crippen LogP contribution in [0.25, 0.3) is 0 Å². The van der Waals surface area contributed by atoms with E-state index in [1.165, 1.54) is 18.1 Å². The lowest BCUT2D eigenvalue weighted by Crippen LogP contribution is -2.71. The third-order valence-corrected chi connectivity index (χ3v) is 6.46. The van der Waals surface area contributed by atoms with E-state index in [-0.39, 0.29) is 30.9 Å². The first kappa shape index (κ1) is 24.8. The standard InChI is InChI=1S/C25H29N7O4/c1-4-18(16-8-6-5-7-9-16)28-25(36)32-21(23(35)31(3)24-29-20(33)14-30(24)2)17(22(32)34)12-15-10-11-27-19(26)13-15/h5-11,13,17-18,21H,4,12,14H2,1-3H3,(H2,26,27)(H,28,36)/t17-,18-,21+/m1/s1. The number of urea groups is 1. The molecule has 2 aliphatic heterocycles. The van der Waals surface area contributed by atoms with E-state index < -0.39 is 29.8 Å². The van der Waals surface area contributed by atoms with Gasteiger partial charge in [-0.05, 0) is 36.1 Å². The molecule has 3 N–H and O–H groups in total. The van der Waals surface area contributed by atoms with E-state index in [4.69, 9.17) is 5.73 Å². The molecule has 2 aromatic rings. The molecule has 1 aromatic heterocycles. The highest BCUT2D eigenvalue weighted by Crippen LogP contribution is 2.33. The Bertz CT molecular complexity index is 1220. The number of carbonyl (C=O) groups is 4. The highest BCUT2D eigenvalue weighted by molar-refractivity contribution is 6.14. The number of pyridine rings is 1. The quantitative estimate of drug-likeness (QED) is 0.578. The Labute approximate surface area is 209 Å². The predicted molar refractivity (Wildman–Crippen MR) is 132 cm³/mol. The largest absolute Gasteiger partial charge is 0.384 e. The molecular weight excluding hydrogens is 462 g/mol. The fraction of sp³-hybridized carbons (Fsp3) is 0.360. The van der Waals surface area contributed by atoms with Crippen LogP contribution in [0.2, 0.25) is 0 Å². The lowest BCUT2D eigenvalue weighted by Gasteiger charge is -2.46. The van der Waals surface area contributed by atoms with Gasteiger partial charge in [0.05, 0.1) is 12.0 Å². The molecule has 3 heterocycles. The molecule has 1 aromatic carbocycles. The molecule has 0 aliphatic carbocycles. The summed E-state index contributed by atoms with van der Waals surface area (Å²) in [5, 5.41) is 2.89. The molecule has 0 spiro atoms. The maximum absolute atomic E-state index is 13.6. The molecule has 3 atom stereocenters. The molecule has 11 nitrogen and oxygen atoms in total. The van der Waals surface area contributed by atoms with E-state index in [2.05, 4.69) is 15.3 Å². The third kappa shape index (κ3) is 4.77. The molecule has 1 saturated heterocycles. The number of benzene rings is 1. The minimum absolute atomic E-state index is 0.0513.